The van der Waals surface area contributed by atoms with Crippen LogP contribution in [0.5, 0.6) is 5.75 Å². The van der Waals surface area contributed by atoms with Crippen LogP contribution in [0.2, 0.25) is 0 Å². The number of carbonyl (C=O) groups is 1. The van der Waals surface area contributed by atoms with Crippen molar-refractivity contribution < 1.29 is 9.53 Å². The number of ether oxygens (including phenoxy) is 1. The van der Waals surface area contributed by atoms with Gasteiger partial charge in [-0.25, -0.2) is 4.98 Å². The third-order valence-corrected chi connectivity index (χ3v) is 4.52. The maximum absolute atomic E-state index is 12.2. The van der Waals surface area contributed by atoms with Crippen molar-refractivity contribution in [2.45, 2.75) is 13.8 Å². The molecule has 28 heavy (non-hydrogen) atoms. The summed E-state index contributed by atoms with van der Waals surface area (Å²) in [5.74, 6) is 1.33. The Bertz CT molecular complexity index is 1100. The summed E-state index contributed by atoms with van der Waals surface area (Å²) in [4.78, 5) is 20.1. The Morgan fingerprint density at radius 2 is 1.82 bits per heavy atom. The van der Waals surface area contributed by atoms with E-state index in [4.69, 9.17) is 4.74 Å². The number of aryl methyl sites for hydroxylation is 2. The van der Waals surface area contributed by atoms with E-state index in [1.807, 2.05) is 80.6 Å². The number of rotatable bonds is 5. The average Bonchev–Trinajstić information content (AvgIpc) is 3.12. The number of hydrogen-bond donors (Lipinski definition) is 2. The molecule has 0 atom stereocenters. The van der Waals surface area contributed by atoms with Crippen LogP contribution in [0.25, 0.3) is 22.4 Å². The van der Waals surface area contributed by atoms with Crippen LogP contribution in [0.3, 0.4) is 0 Å². The number of fused-ring (bicyclic) bond motifs is 1. The van der Waals surface area contributed by atoms with E-state index in [0.29, 0.717) is 5.69 Å². The highest BCUT2D eigenvalue weighted by molar-refractivity contribution is 5.92. The number of aromatic amines is 1. The molecule has 0 bridgehead atoms. The summed E-state index contributed by atoms with van der Waals surface area (Å²) in [5.41, 5.74) is 5.79. The first-order valence-corrected chi connectivity index (χ1v) is 9.13. The van der Waals surface area contributed by atoms with Gasteiger partial charge in [-0.3, -0.25) is 4.79 Å². The van der Waals surface area contributed by atoms with Crippen LogP contribution >= 0.6 is 0 Å². The molecule has 0 radical (unpaired) electrons. The van der Waals surface area contributed by atoms with Crippen molar-refractivity contribution in [2.75, 3.05) is 11.9 Å². The van der Waals surface area contributed by atoms with Crippen LogP contribution in [0.15, 0.2) is 66.7 Å². The van der Waals surface area contributed by atoms with E-state index in [2.05, 4.69) is 15.3 Å². The Hall–Kier alpha value is -3.60. The fourth-order valence-electron chi connectivity index (χ4n) is 3.10. The minimum absolute atomic E-state index is 0.0325. The first-order chi connectivity index (χ1) is 13.6. The van der Waals surface area contributed by atoms with Gasteiger partial charge in [0.2, 0.25) is 0 Å². The Morgan fingerprint density at radius 1 is 1.04 bits per heavy atom. The van der Waals surface area contributed by atoms with Crippen molar-refractivity contribution in [1.82, 2.24) is 9.97 Å². The summed E-state index contributed by atoms with van der Waals surface area (Å²) < 4.78 is 5.63. The summed E-state index contributed by atoms with van der Waals surface area (Å²) >= 11 is 0. The second kappa shape index (κ2) is 7.56. The smallest absolute Gasteiger partial charge is 0.262 e. The molecule has 4 rings (SSSR count). The van der Waals surface area contributed by atoms with E-state index in [0.717, 1.165) is 33.7 Å². The number of nitrogens with zero attached hydrogens (tertiary/aromatic N) is 1. The van der Waals surface area contributed by atoms with Crippen LogP contribution in [-0.4, -0.2) is 22.5 Å². The third kappa shape index (κ3) is 3.88. The monoisotopic (exact) mass is 371 g/mol. The summed E-state index contributed by atoms with van der Waals surface area (Å²) in [6.45, 7) is 3.96. The third-order valence-electron chi connectivity index (χ3n) is 4.52. The van der Waals surface area contributed by atoms with Crippen LogP contribution in [-0.2, 0) is 4.79 Å². The lowest BCUT2D eigenvalue weighted by Gasteiger charge is -2.10. The fourth-order valence-corrected chi connectivity index (χ4v) is 3.10. The highest BCUT2D eigenvalue weighted by atomic mass is 16.5. The van der Waals surface area contributed by atoms with E-state index < -0.39 is 0 Å². The predicted molar refractivity (Wildman–Crippen MR) is 112 cm³/mol. The minimum Gasteiger partial charge on any atom is -0.483 e. The topological polar surface area (TPSA) is 67.0 Å². The SMILES string of the molecule is Cc1ccc(OCC(=O)Nc2ccc(-c3nc4ccccc4[nH]3)cc2)c(C)c1. The Kier molecular flexibility index (Phi) is 4.81. The van der Waals surface area contributed by atoms with Crippen molar-refractivity contribution in [3.05, 3.63) is 77.9 Å². The second-order valence-corrected chi connectivity index (χ2v) is 6.79. The quantitative estimate of drug-likeness (QED) is 0.526. The maximum Gasteiger partial charge on any atom is 0.262 e. The average molecular weight is 371 g/mol. The van der Waals surface area contributed by atoms with Gasteiger partial charge in [0.15, 0.2) is 6.61 Å². The molecule has 0 aliphatic carbocycles. The largest absolute Gasteiger partial charge is 0.483 e. The molecule has 1 amide bonds. The lowest BCUT2D eigenvalue weighted by atomic mass is 10.1. The van der Waals surface area contributed by atoms with Gasteiger partial charge in [0.1, 0.15) is 11.6 Å². The molecule has 0 saturated carbocycles. The standard InChI is InChI=1S/C23H21N3O2/c1-15-7-12-21(16(2)13-15)28-14-22(27)24-18-10-8-17(9-11-18)23-25-19-5-3-4-6-20(19)26-23/h3-13H,14H2,1-2H3,(H,24,27)(H,25,26). The number of anilines is 1. The Morgan fingerprint density at radius 3 is 2.57 bits per heavy atom. The van der Waals surface area contributed by atoms with Gasteiger partial charge in [0.05, 0.1) is 11.0 Å². The summed E-state index contributed by atoms with van der Waals surface area (Å²) in [7, 11) is 0. The van der Waals surface area contributed by atoms with Crippen LogP contribution < -0.4 is 10.1 Å². The van der Waals surface area contributed by atoms with Crippen LogP contribution in [0.1, 0.15) is 11.1 Å². The van der Waals surface area contributed by atoms with E-state index >= 15 is 0 Å². The summed E-state index contributed by atoms with van der Waals surface area (Å²) in [6.07, 6.45) is 0. The number of amides is 1. The van der Waals surface area contributed by atoms with Gasteiger partial charge in [-0.05, 0) is 61.9 Å². The molecular weight excluding hydrogens is 350 g/mol. The molecule has 5 nitrogen and oxygen atoms in total. The van der Waals surface area contributed by atoms with Gasteiger partial charge in [-0.1, -0.05) is 29.8 Å². The molecule has 3 aromatic carbocycles. The molecule has 2 N–H and O–H groups in total. The molecule has 0 aliphatic rings. The number of imidazole rings is 1. The number of carbonyl (C=O) groups excluding carboxylic acids is 1. The predicted octanol–water partition coefficient (Wildman–Crippen LogP) is 4.86. The van der Waals surface area contributed by atoms with Gasteiger partial charge in [-0.15, -0.1) is 0 Å². The molecule has 0 aliphatic heterocycles. The second-order valence-electron chi connectivity index (χ2n) is 6.79. The molecule has 1 heterocycles. The molecule has 0 unspecified atom stereocenters. The summed E-state index contributed by atoms with van der Waals surface area (Å²) in [5, 5.41) is 2.85. The zero-order chi connectivity index (χ0) is 19.5. The molecule has 140 valence electrons. The van der Waals surface area contributed by atoms with E-state index in [-0.39, 0.29) is 12.5 Å². The van der Waals surface area contributed by atoms with Gasteiger partial charge < -0.3 is 15.0 Å². The van der Waals surface area contributed by atoms with Crippen molar-refractivity contribution in [2.24, 2.45) is 0 Å². The van der Waals surface area contributed by atoms with Gasteiger partial charge in [-0.2, -0.15) is 0 Å². The first-order valence-electron chi connectivity index (χ1n) is 9.13. The normalized spacial score (nSPS) is 10.8. The molecule has 5 heteroatoms. The maximum atomic E-state index is 12.2. The van der Waals surface area contributed by atoms with Crippen molar-refractivity contribution in [3.63, 3.8) is 0 Å². The molecule has 0 saturated heterocycles. The molecule has 4 aromatic rings. The van der Waals surface area contributed by atoms with Gasteiger partial charge in [0, 0.05) is 11.3 Å². The highest BCUT2D eigenvalue weighted by Gasteiger charge is 2.08. The Labute approximate surface area is 163 Å². The zero-order valence-corrected chi connectivity index (χ0v) is 15.8. The Balaban J connectivity index is 1.39. The lowest BCUT2D eigenvalue weighted by molar-refractivity contribution is -0.118. The number of benzene rings is 3. The molecule has 0 fully saturated rings. The van der Waals surface area contributed by atoms with Crippen LogP contribution in [0, 0.1) is 13.8 Å². The van der Waals surface area contributed by atoms with Crippen molar-refractivity contribution in [1.29, 1.82) is 0 Å². The first kappa shape index (κ1) is 17.8. The van der Waals surface area contributed by atoms with Crippen molar-refractivity contribution >= 4 is 22.6 Å². The van der Waals surface area contributed by atoms with E-state index in [9.17, 15) is 4.79 Å². The van der Waals surface area contributed by atoms with E-state index in [1.54, 1.807) is 0 Å². The van der Waals surface area contributed by atoms with Gasteiger partial charge >= 0.3 is 0 Å². The van der Waals surface area contributed by atoms with Crippen LogP contribution in [0.4, 0.5) is 5.69 Å². The summed E-state index contributed by atoms with van der Waals surface area (Å²) in [6, 6.07) is 21.4. The number of aromatic nitrogens is 2. The number of nitrogens with one attached hydrogen (secondary N) is 2. The number of para-hydroxylation sites is 2. The highest BCUT2D eigenvalue weighted by Crippen LogP contribution is 2.22. The molecule has 0 spiro atoms. The van der Waals surface area contributed by atoms with E-state index in [1.165, 1.54) is 5.56 Å². The van der Waals surface area contributed by atoms with Gasteiger partial charge in [0.25, 0.3) is 5.91 Å². The molecular formula is C23H21N3O2. The van der Waals surface area contributed by atoms with Crippen molar-refractivity contribution in [3.8, 4) is 17.1 Å². The fraction of sp³-hybridized carbons (Fsp3) is 0.130. The number of H-pyrrole nitrogens is 1. The molecule has 1 aromatic heterocycles. The number of hydrogen-bond acceptors (Lipinski definition) is 3. The minimum atomic E-state index is -0.198. The lowest BCUT2D eigenvalue weighted by Crippen LogP contribution is -2.20. The zero-order valence-electron chi connectivity index (χ0n) is 15.8.